The molecule has 19 heavy (non-hydrogen) atoms. The van der Waals surface area contributed by atoms with Crippen LogP contribution in [0.4, 0.5) is 0 Å². The van der Waals surface area contributed by atoms with Crippen LogP contribution in [0.25, 0.3) is 0 Å². The highest BCUT2D eigenvalue weighted by Gasteiger charge is 2.49. The van der Waals surface area contributed by atoms with Gasteiger partial charge in [-0.25, -0.2) is 0 Å². The summed E-state index contributed by atoms with van der Waals surface area (Å²) in [5.74, 6) is 2.57. The van der Waals surface area contributed by atoms with Gasteiger partial charge < -0.3 is 10.4 Å². The number of nitrogens with one attached hydrogen (secondary N) is 1. The van der Waals surface area contributed by atoms with E-state index in [1.807, 2.05) is 0 Å². The second-order valence-corrected chi connectivity index (χ2v) is 6.93. The van der Waals surface area contributed by atoms with Crippen molar-refractivity contribution < 1.29 is 14.7 Å². The van der Waals surface area contributed by atoms with Gasteiger partial charge in [-0.3, -0.25) is 9.59 Å². The molecular formula is C15H23NO3. The lowest BCUT2D eigenvalue weighted by atomic mass is 9.50. The van der Waals surface area contributed by atoms with Crippen LogP contribution in [0.5, 0.6) is 0 Å². The first-order chi connectivity index (χ1) is 9.02. The van der Waals surface area contributed by atoms with E-state index in [9.17, 15) is 9.59 Å². The maximum absolute atomic E-state index is 11.6. The normalized spacial score (nSPS) is 41.0. The summed E-state index contributed by atoms with van der Waals surface area (Å²) < 4.78 is 0. The van der Waals surface area contributed by atoms with Crippen molar-refractivity contribution in [1.82, 2.24) is 5.32 Å². The third-order valence-electron chi connectivity index (χ3n) is 5.58. The zero-order valence-electron chi connectivity index (χ0n) is 11.5. The van der Waals surface area contributed by atoms with Gasteiger partial charge in [-0.1, -0.05) is 0 Å². The van der Waals surface area contributed by atoms with Gasteiger partial charge in [-0.05, 0) is 68.6 Å². The molecule has 106 valence electrons. The number of rotatable bonds is 4. The van der Waals surface area contributed by atoms with Crippen LogP contribution in [0.1, 0.15) is 45.4 Å². The van der Waals surface area contributed by atoms with Crippen LogP contribution < -0.4 is 5.32 Å². The Morgan fingerprint density at radius 1 is 1.11 bits per heavy atom. The Morgan fingerprint density at radius 2 is 1.63 bits per heavy atom. The first-order valence-corrected chi connectivity index (χ1v) is 7.54. The Hall–Kier alpha value is -1.06. The Labute approximate surface area is 113 Å². The van der Waals surface area contributed by atoms with E-state index in [2.05, 4.69) is 12.2 Å². The summed E-state index contributed by atoms with van der Waals surface area (Å²) in [4.78, 5) is 22.2. The number of carbonyl (C=O) groups is 2. The molecule has 4 heteroatoms. The highest BCUT2D eigenvalue weighted by molar-refractivity contribution is 5.93. The highest BCUT2D eigenvalue weighted by atomic mass is 16.4. The lowest BCUT2D eigenvalue weighted by Gasteiger charge is -2.56. The zero-order chi connectivity index (χ0) is 13.6. The minimum Gasteiger partial charge on any atom is -0.481 e. The van der Waals surface area contributed by atoms with Crippen molar-refractivity contribution in [2.45, 2.75) is 51.5 Å². The number of aliphatic carboxylic acids is 1. The van der Waals surface area contributed by atoms with E-state index >= 15 is 0 Å². The summed E-state index contributed by atoms with van der Waals surface area (Å²) in [6.07, 6.45) is 6.35. The molecule has 0 aromatic carbocycles. The fraction of sp³-hybridized carbons (Fsp3) is 0.867. The summed E-state index contributed by atoms with van der Waals surface area (Å²) in [5, 5.41) is 11.6. The second-order valence-electron chi connectivity index (χ2n) is 6.93. The number of carboxylic acid groups (broad SMARTS) is 1. The predicted octanol–water partition coefficient (Wildman–Crippen LogP) is 2.04. The van der Waals surface area contributed by atoms with Gasteiger partial charge in [-0.2, -0.15) is 0 Å². The molecular weight excluding hydrogens is 242 g/mol. The SMILES string of the molecule is CC(NC(=O)CC(=O)O)C1C2CC3CC(C2)CC1C3. The molecule has 4 aliphatic rings. The van der Waals surface area contributed by atoms with Crippen LogP contribution >= 0.6 is 0 Å². The summed E-state index contributed by atoms with van der Waals surface area (Å²) >= 11 is 0. The van der Waals surface area contributed by atoms with Crippen LogP contribution in [0.2, 0.25) is 0 Å². The van der Waals surface area contributed by atoms with Crippen LogP contribution in [0.3, 0.4) is 0 Å². The van der Waals surface area contributed by atoms with Gasteiger partial charge in [0.15, 0.2) is 0 Å². The maximum Gasteiger partial charge on any atom is 0.312 e. The average Bonchev–Trinajstić information content (AvgIpc) is 2.25. The quantitative estimate of drug-likeness (QED) is 0.764. The fourth-order valence-corrected chi connectivity index (χ4v) is 5.32. The van der Waals surface area contributed by atoms with Gasteiger partial charge in [0, 0.05) is 6.04 Å². The van der Waals surface area contributed by atoms with E-state index in [0.717, 1.165) is 23.7 Å². The number of carbonyl (C=O) groups excluding carboxylic acids is 1. The van der Waals surface area contributed by atoms with Gasteiger partial charge >= 0.3 is 5.97 Å². The van der Waals surface area contributed by atoms with E-state index in [4.69, 9.17) is 5.11 Å². The molecule has 1 unspecified atom stereocenters. The molecule has 4 fully saturated rings. The van der Waals surface area contributed by atoms with E-state index in [-0.39, 0.29) is 11.9 Å². The van der Waals surface area contributed by atoms with Gasteiger partial charge in [0.05, 0.1) is 0 Å². The van der Waals surface area contributed by atoms with Crippen molar-refractivity contribution in [2.24, 2.45) is 29.6 Å². The molecule has 0 saturated heterocycles. The van der Waals surface area contributed by atoms with Crippen molar-refractivity contribution in [3.05, 3.63) is 0 Å². The minimum atomic E-state index is -1.05. The van der Waals surface area contributed by atoms with Crippen LogP contribution in [-0.2, 0) is 9.59 Å². The summed E-state index contributed by atoms with van der Waals surface area (Å²) in [6, 6.07) is 0.127. The Bertz CT molecular complexity index is 365. The molecule has 1 amide bonds. The standard InChI is InChI=1S/C15H23NO3/c1-8(16-13(17)7-14(18)19)15-11-3-9-2-10(5-11)6-12(15)4-9/h8-12,15H,2-7H2,1H3,(H,16,17)(H,18,19). The summed E-state index contributed by atoms with van der Waals surface area (Å²) in [6.45, 7) is 2.06. The molecule has 0 spiro atoms. The van der Waals surface area contributed by atoms with Gasteiger partial charge in [-0.15, -0.1) is 0 Å². The van der Waals surface area contributed by atoms with Crippen LogP contribution in [-0.4, -0.2) is 23.0 Å². The third-order valence-corrected chi connectivity index (χ3v) is 5.58. The largest absolute Gasteiger partial charge is 0.481 e. The van der Waals surface area contributed by atoms with Gasteiger partial charge in [0.1, 0.15) is 6.42 Å². The van der Waals surface area contributed by atoms with Crippen molar-refractivity contribution in [3.8, 4) is 0 Å². The molecule has 4 rings (SSSR count). The smallest absolute Gasteiger partial charge is 0.312 e. The molecule has 0 radical (unpaired) electrons. The predicted molar refractivity (Wildman–Crippen MR) is 70.4 cm³/mol. The third kappa shape index (κ3) is 2.49. The molecule has 0 aliphatic heterocycles. The van der Waals surface area contributed by atoms with Crippen LogP contribution in [0.15, 0.2) is 0 Å². The molecule has 2 N–H and O–H groups in total. The van der Waals surface area contributed by atoms with Crippen molar-refractivity contribution in [1.29, 1.82) is 0 Å². The lowest BCUT2D eigenvalue weighted by molar-refractivity contribution is -0.141. The average molecular weight is 265 g/mol. The molecule has 0 aromatic rings. The highest BCUT2D eigenvalue weighted by Crippen LogP contribution is 2.57. The topological polar surface area (TPSA) is 66.4 Å². The van der Waals surface area contributed by atoms with Gasteiger partial charge in [0.2, 0.25) is 5.91 Å². The van der Waals surface area contributed by atoms with Crippen molar-refractivity contribution in [2.75, 3.05) is 0 Å². The second kappa shape index (κ2) is 4.80. The fourth-order valence-electron chi connectivity index (χ4n) is 5.32. The molecule has 0 aromatic heterocycles. The monoisotopic (exact) mass is 265 g/mol. The molecule has 1 atom stereocenters. The number of hydrogen-bond acceptors (Lipinski definition) is 2. The molecule has 4 nitrogen and oxygen atoms in total. The Kier molecular flexibility index (Phi) is 3.27. The first kappa shape index (κ1) is 12.9. The Morgan fingerprint density at radius 3 is 2.11 bits per heavy atom. The minimum absolute atomic E-state index is 0.127. The summed E-state index contributed by atoms with van der Waals surface area (Å²) in [5.41, 5.74) is 0. The van der Waals surface area contributed by atoms with E-state index < -0.39 is 12.4 Å². The van der Waals surface area contributed by atoms with E-state index in [0.29, 0.717) is 5.92 Å². The van der Waals surface area contributed by atoms with E-state index in [1.54, 1.807) is 0 Å². The van der Waals surface area contributed by atoms with Crippen LogP contribution in [0, 0.1) is 29.6 Å². The lowest BCUT2D eigenvalue weighted by Crippen LogP contribution is -2.53. The number of hydrogen-bond donors (Lipinski definition) is 2. The number of amides is 1. The molecule has 0 heterocycles. The van der Waals surface area contributed by atoms with Crippen molar-refractivity contribution >= 4 is 11.9 Å². The molecule has 4 bridgehead atoms. The van der Waals surface area contributed by atoms with Crippen molar-refractivity contribution in [3.63, 3.8) is 0 Å². The Balaban J connectivity index is 1.62. The first-order valence-electron chi connectivity index (χ1n) is 7.54. The van der Waals surface area contributed by atoms with Gasteiger partial charge in [0.25, 0.3) is 0 Å². The molecule has 4 saturated carbocycles. The number of carboxylic acids is 1. The molecule has 4 aliphatic carbocycles. The summed E-state index contributed by atoms with van der Waals surface area (Å²) in [7, 11) is 0. The maximum atomic E-state index is 11.6. The zero-order valence-corrected chi connectivity index (χ0v) is 11.5. The van der Waals surface area contributed by atoms with E-state index in [1.165, 1.54) is 32.1 Å².